The van der Waals surface area contributed by atoms with E-state index in [2.05, 4.69) is 31.3 Å². The summed E-state index contributed by atoms with van der Waals surface area (Å²) in [5.74, 6) is 2.24. The Bertz CT molecular complexity index is 596. The highest BCUT2D eigenvalue weighted by molar-refractivity contribution is 5.33. The quantitative estimate of drug-likeness (QED) is 0.656. The highest BCUT2D eigenvalue weighted by Crippen LogP contribution is 2.19. The number of aliphatic hydroxyl groups is 1. The van der Waals surface area contributed by atoms with Crippen molar-refractivity contribution in [3.05, 3.63) is 59.7 Å². The molecule has 0 aliphatic rings. The van der Waals surface area contributed by atoms with Gasteiger partial charge in [0.2, 0.25) is 0 Å². The zero-order chi connectivity index (χ0) is 17.2. The minimum atomic E-state index is 0.131. The summed E-state index contributed by atoms with van der Waals surface area (Å²) < 4.78 is 11.6. The second kappa shape index (κ2) is 9.96. The summed E-state index contributed by atoms with van der Waals surface area (Å²) in [7, 11) is 0. The van der Waals surface area contributed by atoms with Crippen LogP contribution in [0.3, 0.4) is 0 Å². The maximum absolute atomic E-state index is 8.83. The Labute approximate surface area is 144 Å². The Morgan fingerprint density at radius 2 is 1.67 bits per heavy atom. The van der Waals surface area contributed by atoms with E-state index in [9.17, 15) is 0 Å². The molecule has 2 aromatic rings. The van der Waals surface area contributed by atoms with Gasteiger partial charge in [-0.1, -0.05) is 44.2 Å². The predicted octanol–water partition coefficient (Wildman–Crippen LogP) is 3.35. The monoisotopic (exact) mass is 329 g/mol. The molecule has 0 bridgehead atoms. The van der Waals surface area contributed by atoms with E-state index >= 15 is 0 Å². The number of benzene rings is 2. The van der Waals surface area contributed by atoms with Gasteiger partial charge in [-0.3, -0.25) is 0 Å². The summed E-state index contributed by atoms with van der Waals surface area (Å²) in [5, 5.41) is 12.0. The second-order valence-electron chi connectivity index (χ2n) is 5.93. The molecule has 2 N–H and O–H groups in total. The maximum Gasteiger partial charge on any atom is 0.123 e. The highest BCUT2D eigenvalue weighted by Gasteiger charge is 2.03. The third-order valence-corrected chi connectivity index (χ3v) is 3.73. The largest absolute Gasteiger partial charge is 0.490 e. The first-order chi connectivity index (χ1) is 11.7. The van der Waals surface area contributed by atoms with Crippen molar-refractivity contribution in [2.45, 2.75) is 26.3 Å². The van der Waals surface area contributed by atoms with E-state index in [1.165, 1.54) is 5.56 Å². The van der Waals surface area contributed by atoms with Gasteiger partial charge in [-0.25, -0.2) is 0 Å². The Morgan fingerprint density at radius 1 is 0.958 bits per heavy atom. The van der Waals surface area contributed by atoms with Crippen molar-refractivity contribution in [3.8, 4) is 11.5 Å². The number of rotatable bonds is 10. The molecule has 0 aliphatic heterocycles. The molecule has 4 heteroatoms. The molecule has 130 valence electrons. The molecule has 0 heterocycles. The summed E-state index contributed by atoms with van der Waals surface area (Å²) in [6.07, 6.45) is 0. The van der Waals surface area contributed by atoms with E-state index in [4.69, 9.17) is 14.6 Å². The van der Waals surface area contributed by atoms with E-state index in [0.29, 0.717) is 32.2 Å². The fourth-order valence-electron chi connectivity index (χ4n) is 2.35. The number of ether oxygens (including phenoxy) is 2. The van der Waals surface area contributed by atoms with Crippen LogP contribution < -0.4 is 14.8 Å². The average molecular weight is 329 g/mol. The molecule has 0 saturated carbocycles. The van der Waals surface area contributed by atoms with Gasteiger partial charge in [-0.05, 0) is 29.7 Å². The van der Waals surface area contributed by atoms with Gasteiger partial charge < -0.3 is 19.9 Å². The average Bonchev–Trinajstić information content (AvgIpc) is 2.60. The Balaban J connectivity index is 1.77. The van der Waals surface area contributed by atoms with Gasteiger partial charge >= 0.3 is 0 Å². The molecule has 4 nitrogen and oxygen atoms in total. The number of nitrogens with one attached hydrogen (secondary N) is 1. The fraction of sp³-hybridized carbons (Fsp3) is 0.400. The van der Waals surface area contributed by atoms with Crippen molar-refractivity contribution in [1.29, 1.82) is 0 Å². The molecule has 2 rings (SSSR count). The van der Waals surface area contributed by atoms with E-state index in [1.54, 1.807) is 0 Å². The van der Waals surface area contributed by atoms with Gasteiger partial charge in [0.25, 0.3) is 0 Å². The third kappa shape index (κ3) is 5.87. The molecule has 0 saturated heterocycles. The van der Waals surface area contributed by atoms with E-state index in [0.717, 1.165) is 17.1 Å². The van der Waals surface area contributed by atoms with Crippen LogP contribution in [0.25, 0.3) is 0 Å². The smallest absolute Gasteiger partial charge is 0.123 e. The van der Waals surface area contributed by atoms with Crippen LogP contribution in [0.1, 0.15) is 30.9 Å². The molecule has 24 heavy (non-hydrogen) atoms. The minimum absolute atomic E-state index is 0.131. The standard InChI is InChI=1S/C20H27NO3/c1-16(2)17-7-9-19(10-8-17)23-13-14-24-20-6-4-3-5-18(20)15-21-11-12-22/h3-10,16,21-22H,11-15H2,1-2H3. The lowest BCUT2D eigenvalue weighted by Gasteiger charge is -2.13. The summed E-state index contributed by atoms with van der Waals surface area (Å²) >= 11 is 0. The molecule has 0 atom stereocenters. The van der Waals surface area contributed by atoms with Crippen molar-refractivity contribution in [3.63, 3.8) is 0 Å². The molecule has 0 radical (unpaired) electrons. The lowest BCUT2D eigenvalue weighted by Crippen LogP contribution is -2.18. The van der Waals surface area contributed by atoms with Crippen LogP contribution in [0.4, 0.5) is 0 Å². The van der Waals surface area contributed by atoms with Crippen molar-refractivity contribution in [2.75, 3.05) is 26.4 Å². The van der Waals surface area contributed by atoms with Crippen LogP contribution >= 0.6 is 0 Å². The molecular formula is C20H27NO3. The van der Waals surface area contributed by atoms with E-state index in [-0.39, 0.29) is 6.61 Å². The number of hydrogen-bond donors (Lipinski definition) is 2. The summed E-state index contributed by atoms with van der Waals surface area (Å²) in [6, 6.07) is 16.1. The van der Waals surface area contributed by atoms with Crippen molar-refractivity contribution < 1.29 is 14.6 Å². The first-order valence-electron chi connectivity index (χ1n) is 8.45. The normalized spacial score (nSPS) is 10.8. The summed E-state index contributed by atoms with van der Waals surface area (Å²) in [6.45, 7) is 6.72. The van der Waals surface area contributed by atoms with Crippen LogP contribution in [0.15, 0.2) is 48.5 Å². The van der Waals surface area contributed by atoms with E-state index in [1.807, 2.05) is 36.4 Å². The van der Waals surface area contributed by atoms with E-state index < -0.39 is 0 Å². The molecule has 0 unspecified atom stereocenters. The molecule has 0 fully saturated rings. The first kappa shape index (κ1) is 18.3. The fourth-order valence-corrected chi connectivity index (χ4v) is 2.35. The van der Waals surface area contributed by atoms with Crippen LogP contribution in [-0.4, -0.2) is 31.5 Å². The Hall–Kier alpha value is -2.04. The van der Waals surface area contributed by atoms with Gasteiger partial charge in [-0.2, -0.15) is 0 Å². The van der Waals surface area contributed by atoms with Crippen molar-refractivity contribution in [1.82, 2.24) is 5.32 Å². The molecule has 0 aliphatic carbocycles. The van der Waals surface area contributed by atoms with Gasteiger partial charge in [-0.15, -0.1) is 0 Å². The molecule has 0 aromatic heterocycles. The second-order valence-corrected chi connectivity index (χ2v) is 5.93. The Morgan fingerprint density at radius 3 is 2.38 bits per heavy atom. The van der Waals surface area contributed by atoms with Crippen LogP contribution in [0.5, 0.6) is 11.5 Å². The van der Waals surface area contributed by atoms with Crippen LogP contribution in [0.2, 0.25) is 0 Å². The topological polar surface area (TPSA) is 50.7 Å². The summed E-state index contributed by atoms with van der Waals surface area (Å²) in [5.41, 5.74) is 2.38. The lowest BCUT2D eigenvalue weighted by atomic mass is 10.0. The van der Waals surface area contributed by atoms with Gasteiger partial charge in [0.15, 0.2) is 0 Å². The van der Waals surface area contributed by atoms with Gasteiger partial charge in [0, 0.05) is 18.7 Å². The molecule has 0 amide bonds. The third-order valence-electron chi connectivity index (χ3n) is 3.73. The van der Waals surface area contributed by atoms with Gasteiger partial charge in [0.1, 0.15) is 24.7 Å². The lowest BCUT2D eigenvalue weighted by molar-refractivity contribution is 0.215. The Kier molecular flexibility index (Phi) is 7.59. The number of aliphatic hydroxyl groups excluding tert-OH is 1. The van der Waals surface area contributed by atoms with Crippen LogP contribution in [0, 0.1) is 0 Å². The maximum atomic E-state index is 8.83. The molecular weight excluding hydrogens is 302 g/mol. The summed E-state index contributed by atoms with van der Waals surface area (Å²) in [4.78, 5) is 0. The van der Waals surface area contributed by atoms with Gasteiger partial charge in [0.05, 0.1) is 6.61 Å². The van der Waals surface area contributed by atoms with Crippen LogP contribution in [-0.2, 0) is 6.54 Å². The van der Waals surface area contributed by atoms with Crippen molar-refractivity contribution in [2.24, 2.45) is 0 Å². The minimum Gasteiger partial charge on any atom is -0.490 e. The SMILES string of the molecule is CC(C)c1ccc(OCCOc2ccccc2CNCCO)cc1. The highest BCUT2D eigenvalue weighted by atomic mass is 16.5. The van der Waals surface area contributed by atoms with Crippen molar-refractivity contribution >= 4 is 0 Å². The first-order valence-corrected chi connectivity index (χ1v) is 8.45. The number of hydrogen-bond acceptors (Lipinski definition) is 4. The molecule has 2 aromatic carbocycles. The zero-order valence-corrected chi connectivity index (χ0v) is 14.5. The zero-order valence-electron chi connectivity index (χ0n) is 14.5. The number of para-hydroxylation sites is 1. The predicted molar refractivity (Wildman–Crippen MR) is 96.8 cm³/mol. The molecule has 0 spiro atoms.